The monoisotopic (exact) mass is 246 g/mol. The van der Waals surface area contributed by atoms with Gasteiger partial charge in [0.05, 0.1) is 0 Å². The van der Waals surface area contributed by atoms with Crippen molar-refractivity contribution in [1.82, 2.24) is 0 Å². The van der Waals surface area contributed by atoms with E-state index in [-0.39, 0.29) is 11.8 Å². The smallest absolute Gasteiger partial charge is 0.230 e. The van der Waals surface area contributed by atoms with E-state index in [2.05, 4.69) is 0 Å². The van der Waals surface area contributed by atoms with Gasteiger partial charge >= 0.3 is 0 Å². The standard InChI is InChI=1S/C15H22N2O/c1-2-17(13-8-4-3-5-9-13)15(18)14-10-6-7-12(14)11-16/h3-5,8-9,12,14H,2,6-7,10-11,16H2,1H3. The van der Waals surface area contributed by atoms with E-state index in [0.29, 0.717) is 12.5 Å². The van der Waals surface area contributed by atoms with Gasteiger partial charge in [0.15, 0.2) is 0 Å². The summed E-state index contributed by atoms with van der Waals surface area (Å²) in [5, 5.41) is 0. The zero-order valence-corrected chi connectivity index (χ0v) is 11.0. The van der Waals surface area contributed by atoms with Crippen LogP contribution in [-0.2, 0) is 4.79 Å². The minimum Gasteiger partial charge on any atom is -0.330 e. The number of hydrogen-bond donors (Lipinski definition) is 1. The Bertz CT molecular complexity index is 391. The number of hydrogen-bond acceptors (Lipinski definition) is 2. The Balaban J connectivity index is 2.15. The molecule has 2 atom stereocenters. The molecule has 0 heterocycles. The van der Waals surface area contributed by atoms with E-state index < -0.39 is 0 Å². The predicted octanol–water partition coefficient (Wildman–Crippen LogP) is 2.41. The third kappa shape index (κ3) is 2.56. The number of benzene rings is 1. The molecule has 2 N–H and O–H groups in total. The molecule has 0 saturated heterocycles. The molecule has 1 amide bonds. The van der Waals surface area contributed by atoms with Crippen LogP contribution in [0.15, 0.2) is 30.3 Å². The average Bonchev–Trinajstić information content (AvgIpc) is 2.89. The molecule has 0 aliphatic heterocycles. The Labute approximate surface area is 109 Å². The first-order valence-corrected chi connectivity index (χ1v) is 6.84. The molecule has 0 spiro atoms. The van der Waals surface area contributed by atoms with E-state index in [4.69, 9.17) is 5.73 Å². The van der Waals surface area contributed by atoms with Crippen molar-refractivity contribution >= 4 is 11.6 Å². The summed E-state index contributed by atoms with van der Waals surface area (Å²) in [6, 6.07) is 9.91. The number of carbonyl (C=O) groups is 1. The lowest BCUT2D eigenvalue weighted by atomic mass is 9.94. The van der Waals surface area contributed by atoms with Gasteiger partial charge in [-0.15, -0.1) is 0 Å². The van der Waals surface area contributed by atoms with Crippen LogP contribution in [0.5, 0.6) is 0 Å². The predicted molar refractivity (Wildman–Crippen MR) is 74.4 cm³/mol. The number of amides is 1. The summed E-state index contributed by atoms with van der Waals surface area (Å²) in [7, 11) is 0. The first kappa shape index (κ1) is 13.1. The van der Waals surface area contributed by atoms with Crippen LogP contribution in [-0.4, -0.2) is 19.0 Å². The summed E-state index contributed by atoms with van der Waals surface area (Å²) in [4.78, 5) is 14.5. The highest BCUT2D eigenvalue weighted by atomic mass is 16.2. The highest BCUT2D eigenvalue weighted by molar-refractivity contribution is 5.95. The maximum Gasteiger partial charge on any atom is 0.230 e. The largest absolute Gasteiger partial charge is 0.330 e. The molecule has 0 bridgehead atoms. The molecular weight excluding hydrogens is 224 g/mol. The number of rotatable bonds is 4. The lowest BCUT2D eigenvalue weighted by molar-refractivity contribution is -0.123. The molecular formula is C15H22N2O. The van der Waals surface area contributed by atoms with Gasteiger partial charge < -0.3 is 10.6 Å². The molecule has 1 saturated carbocycles. The summed E-state index contributed by atoms with van der Waals surface area (Å²) < 4.78 is 0. The summed E-state index contributed by atoms with van der Waals surface area (Å²) in [5.74, 6) is 0.738. The number of para-hydroxylation sites is 1. The topological polar surface area (TPSA) is 46.3 Å². The van der Waals surface area contributed by atoms with Crippen molar-refractivity contribution in [2.75, 3.05) is 18.0 Å². The van der Waals surface area contributed by atoms with Crippen LogP contribution in [0.1, 0.15) is 26.2 Å². The minimum atomic E-state index is 0.121. The van der Waals surface area contributed by atoms with Crippen molar-refractivity contribution in [2.45, 2.75) is 26.2 Å². The molecule has 1 aromatic carbocycles. The highest BCUT2D eigenvalue weighted by Gasteiger charge is 2.34. The molecule has 98 valence electrons. The van der Waals surface area contributed by atoms with Gasteiger partial charge in [0.25, 0.3) is 0 Å². The first-order chi connectivity index (χ1) is 8.77. The highest BCUT2D eigenvalue weighted by Crippen LogP contribution is 2.33. The van der Waals surface area contributed by atoms with E-state index >= 15 is 0 Å². The number of nitrogens with two attached hydrogens (primary N) is 1. The minimum absolute atomic E-state index is 0.121. The average molecular weight is 246 g/mol. The molecule has 3 heteroatoms. The Hall–Kier alpha value is -1.35. The maximum atomic E-state index is 12.6. The van der Waals surface area contributed by atoms with Crippen LogP contribution in [0.2, 0.25) is 0 Å². The Morgan fingerprint density at radius 2 is 2.06 bits per heavy atom. The second-order valence-electron chi connectivity index (χ2n) is 4.95. The van der Waals surface area contributed by atoms with Crippen molar-refractivity contribution < 1.29 is 4.79 Å². The Morgan fingerprint density at radius 3 is 2.67 bits per heavy atom. The van der Waals surface area contributed by atoms with Crippen LogP contribution < -0.4 is 10.6 Å². The molecule has 1 aromatic rings. The molecule has 18 heavy (non-hydrogen) atoms. The van der Waals surface area contributed by atoms with E-state index in [0.717, 1.165) is 31.5 Å². The third-order valence-corrected chi connectivity index (χ3v) is 3.93. The van der Waals surface area contributed by atoms with E-state index in [1.165, 1.54) is 0 Å². The van der Waals surface area contributed by atoms with Gasteiger partial charge in [0.1, 0.15) is 0 Å². The molecule has 2 rings (SSSR count). The van der Waals surface area contributed by atoms with E-state index in [9.17, 15) is 4.79 Å². The molecule has 0 aromatic heterocycles. The molecule has 1 fully saturated rings. The number of carbonyl (C=O) groups excluding carboxylic acids is 1. The fourth-order valence-electron chi connectivity index (χ4n) is 2.92. The van der Waals surface area contributed by atoms with Gasteiger partial charge in [0, 0.05) is 18.2 Å². The van der Waals surface area contributed by atoms with Crippen LogP contribution in [0.25, 0.3) is 0 Å². The fraction of sp³-hybridized carbons (Fsp3) is 0.533. The Kier molecular flexibility index (Phi) is 4.37. The van der Waals surface area contributed by atoms with Crippen LogP contribution in [0.3, 0.4) is 0 Å². The van der Waals surface area contributed by atoms with Gasteiger partial charge in [-0.05, 0) is 44.4 Å². The zero-order valence-electron chi connectivity index (χ0n) is 11.0. The normalized spacial score (nSPS) is 23.0. The fourth-order valence-corrected chi connectivity index (χ4v) is 2.92. The second kappa shape index (κ2) is 6.01. The first-order valence-electron chi connectivity index (χ1n) is 6.84. The van der Waals surface area contributed by atoms with Gasteiger partial charge in [-0.2, -0.15) is 0 Å². The molecule has 1 aliphatic carbocycles. The van der Waals surface area contributed by atoms with Gasteiger partial charge in [0.2, 0.25) is 5.91 Å². The zero-order chi connectivity index (χ0) is 13.0. The van der Waals surface area contributed by atoms with Crippen molar-refractivity contribution in [3.8, 4) is 0 Å². The van der Waals surface area contributed by atoms with Crippen molar-refractivity contribution in [3.05, 3.63) is 30.3 Å². The summed E-state index contributed by atoms with van der Waals surface area (Å²) in [6.45, 7) is 3.37. The summed E-state index contributed by atoms with van der Waals surface area (Å²) in [5.41, 5.74) is 6.76. The molecule has 2 unspecified atom stereocenters. The van der Waals surface area contributed by atoms with Gasteiger partial charge in [-0.3, -0.25) is 4.79 Å². The Morgan fingerprint density at radius 1 is 1.33 bits per heavy atom. The van der Waals surface area contributed by atoms with Crippen LogP contribution >= 0.6 is 0 Å². The molecule has 3 nitrogen and oxygen atoms in total. The molecule has 0 radical (unpaired) electrons. The second-order valence-corrected chi connectivity index (χ2v) is 4.95. The van der Waals surface area contributed by atoms with Crippen molar-refractivity contribution in [1.29, 1.82) is 0 Å². The van der Waals surface area contributed by atoms with Crippen molar-refractivity contribution in [3.63, 3.8) is 0 Å². The number of nitrogens with zero attached hydrogens (tertiary/aromatic N) is 1. The van der Waals surface area contributed by atoms with E-state index in [1.54, 1.807) is 0 Å². The van der Waals surface area contributed by atoms with Gasteiger partial charge in [-0.25, -0.2) is 0 Å². The number of anilines is 1. The molecule has 1 aliphatic rings. The lowest BCUT2D eigenvalue weighted by Crippen LogP contribution is -2.39. The van der Waals surface area contributed by atoms with Crippen LogP contribution in [0, 0.1) is 11.8 Å². The summed E-state index contributed by atoms with van der Waals surface area (Å²) >= 11 is 0. The van der Waals surface area contributed by atoms with Gasteiger partial charge in [-0.1, -0.05) is 24.6 Å². The lowest BCUT2D eigenvalue weighted by Gasteiger charge is -2.27. The van der Waals surface area contributed by atoms with Crippen molar-refractivity contribution in [2.24, 2.45) is 17.6 Å². The maximum absolute atomic E-state index is 12.6. The third-order valence-electron chi connectivity index (χ3n) is 3.93. The van der Waals surface area contributed by atoms with E-state index in [1.807, 2.05) is 42.2 Å². The SMILES string of the molecule is CCN(C(=O)C1CCCC1CN)c1ccccc1. The summed E-state index contributed by atoms with van der Waals surface area (Å²) in [6.07, 6.45) is 3.22. The van der Waals surface area contributed by atoms with Crippen LogP contribution in [0.4, 0.5) is 5.69 Å². The quantitative estimate of drug-likeness (QED) is 0.886.